The highest BCUT2D eigenvalue weighted by Crippen LogP contribution is 2.21. The fraction of sp³-hybridized carbons (Fsp3) is 0.881. The first-order valence-corrected chi connectivity index (χ1v) is 29.2. The molecule has 0 fully saturated rings. The van der Waals surface area contributed by atoms with Crippen molar-refractivity contribution in [1.82, 2.24) is 9.80 Å². The third-order valence-electron chi connectivity index (χ3n) is 13.3. The molecule has 0 aliphatic rings. The summed E-state index contributed by atoms with van der Waals surface area (Å²) in [5, 5.41) is 0. The average molecular weight is 992 g/mol. The van der Waals surface area contributed by atoms with Crippen LogP contribution in [0.15, 0.2) is 12.2 Å². The molecule has 0 aliphatic heterocycles. The molecule has 11 heteroatoms. The molecular formula is C59H110N2O9. The second-order valence-electron chi connectivity index (χ2n) is 20.6. The van der Waals surface area contributed by atoms with E-state index < -0.39 is 0 Å². The Morgan fingerprint density at radius 3 is 1.13 bits per heavy atom. The first kappa shape index (κ1) is 67.0. The lowest BCUT2D eigenvalue weighted by Crippen LogP contribution is -2.40. The maximum absolute atomic E-state index is 13.6. The molecule has 0 aliphatic carbocycles. The maximum Gasteiger partial charge on any atom is 0.305 e. The Morgan fingerprint density at radius 1 is 0.371 bits per heavy atom. The Labute approximate surface area is 430 Å². The van der Waals surface area contributed by atoms with Crippen LogP contribution in [0, 0.1) is 17.8 Å². The zero-order valence-electron chi connectivity index (χ0n) is 46.7. The first-order chi connectivity index (χ1) is 34.0. The molecule has 0 saturated carbocycles. The minimum atomic E-state index is -0.367. The maximum atomic E-state index is 13.6. The quantitative estimate of drug-likeness (QED) is 0.0251. The van der Waals surface area contributed by atoms with Gasteiger partial charge < -0.3 is 28.7 Å². The summed E-state index contributed by atoms with van der Waals surface area (Å²) in [5.41, 5.74) is 0. The van der Waals surface area contributed by atoms with Gasteiger partial charge in [0.15, 0.2) is 0 Å². The van der Waals surface area contributed by atoms with Crippen molar-refractivity contribution in [1.29, 1.82) is 0 Å². The number of allylic oxidation sites excluding steroid dienone is 2. The molecule has 0 N–H and O–H groups in total. The predicted molar refractivity (Wildman–Crippen MR) is 289 cm³/mol. The van der Waals surface area contributed by atoms with E-state index in [9.17, 15) is 24.0 Å². The van der Waals surface area contributed by atoms with Gasteiger partial charge in [0.25, 0.3) is 0 Å². The van der Waals surface area contributed by atoms with Gasteiger partial charge in [0.2, 0.25) is 5.91 Å². The summed E-state index contributed by atoms with van der Waals surface area (Å²) in [6.07, 6.45) is 37.1. The molecular weight excluding hydrogens is 881 g/mol. The largest absolute Gasteiger partial charge is 0.465 e. The van der Waals surface area contributed by atoms with Crippen LogP contribution < -0.4 is 0 Å². The predicted octanol–water partition coefficient (Wildman–Crippen LogP) is 14.7. The van der Waals surface area contributed by atoms with Gasteiger partial charge in [0.1, 0.15) is 0 Å². The van der Waals surface area contributed by atoms with Crippen LogP contribution in [0.3, 0.4) is 0 Å². The van der Waals surface area contributed by atoms with E-state index >= 15 is 0 Å². The van der Waals surface area contributed by atoms with Gasteiger partial charge in [-0.2, -0.15) is 0 Å². The monoisotopic (exact) mass is 991 g/mol. The summed E-state index contributed by atoms with van der Waals surface area (Å²) < 4.78 is 23.0. The molecule has 410 valence electrons. The molecule has 0 radical (unpaired) electrons. The lowest BCUT2D eigenvalue weighted by atomic mass is 9.96. The van der Waals surface area contributed by atoms with Crippen LogP contribution in [-0.4, -0.2) is 99.7 Å². The van der Waals surface area contributed by atoms with Crippen molar-refractivity contribution in [3.63, 3.8) is 0 Å². The summed E-state index contributed by atoms with van der Waals surface area (Å²) in [5.74, 6) is -0.296. The topological polar surface area (TPSA) is 129 Å². The third-order valence-corrected chi connectivity index (χ3v) is 13.3. The highest BCUT2D eigenvalue weighted by Gasteiger charge is 2.22. The highest BCUT2D eigenvalue weighted by molar-refractivity contribution is 5.76. The summed E-state index contributed by atoms with van der Waals surface area (Å²) in [7, 11) is 4.03. The zero-order chi connectivity index (χ0) is 51.7. The number of nitrogens with zero attached hydrogens (tertiary/aromatic N) is 2. The Kier molecular flexibility index (Phi) is 47.5. The molecule has 0 heterocycles. The highest BCUT2D eigenvalue weighted by atomic mass is 16.5. The lowest BCUT2D eigenvalue weighted by Gasteiger charge is -2.28. The average Bonchev–Trinajstić information content (AvgIpc) is 3.34. The fourth-order valence-corrected chi connectivity index (χ4v) is 8.72. The molecule has 0 saturated heterocycles. The van der Waals surface area contributed by atoms with Gasteiger partial charge in [-0.25, -0.2) is 0 Å². The lowest BCUT2D eigenvalue weighted by molar-refractivity contribution is -0.150. The molecule has 0 spiro atoms. The van der Waals surface area contributed by atoms with E-state index in [1.165, 1.54) is 77.0 Å². The number of amides is 1. The first-order valence-electron chi connectivity index (χ1n) is 29.2. The van der Waals surface area contributed by atoms with Gasteiger partial charge in [-0.1, -0.05) is 162 Å². The molecule has 0 aromatic rings. The van der Waals surface area contributed by atoms with E-state index in [1.807, 2.05) is 19.0 Å². The van der Waals surface area contributed by atoms with Crippen LogP contribution in [0.1, 0.15) is 259 Å². The molecule has 2 unspecified atom stereocenters. The Balaban J connectivity index is 5.16. The summed E-state index contributed by atoms with van der Waals surface area (Å²) >= 11 is 0. The summed E-state index contributed by atoms with van der Waals surface area (Å²) in [6.45, 7) is 13.9. The van der Waals surface area contributed by atoms with Crippen molar-refractivity contribution < 1.29 is 42.9 Å². The second kappa shape index (κ2) is 49.6. The number of esters is 4. The zero-order valence-corrected chi connectivity index (χ0v) is 46.7. The van der Waals surface area contributed by atoms with Crippen molar-refractivity contribution in [2.75, 3.05) is 60.2 Å². The number of carbonyl (C=O) groups is 5. The van der Waals surface area contributed by atoms with Crippen molar-refractivity contribution in [2.45, 2.75) is 259 Å². The van der Waals surface area contributed by atoms with Crippen molar-refractivity contribution in [3.05, 3.63) is 12.2 Å². The van der Waals surface area contributed by atoms with Gasteiger partial charge in [-0.05, 0) is 110 Å². The number of ether oxygens (including phenoxy) is 4. The van der Waals surface area contributed by atoms with E-state index in [0.717, 1.165) is 103 Å². The Hall–Kier alpha value is -2.95. The molecule has 0 bridgehead atoms. The minimum absolute atomic E-state index is 0.0461. The fourth-order valence-electron chi connectivity index (χ4n) is 8.72. The minimum Gasteiger partial charge on any atom is -0.465 e. The summed E-state index contributed by atoms with van der Waals surface area (Å²) in [4.78, 5) is 68.6. The van der Waals surface area contributed by atoms with Crippen LogP contribution >= 0.6 is 0 Å². The second-order valence-corrected chi connectivity index (χ2v) is 20.6. The molecule has 1 amide bonds. The third kappa shape index (κ3) is 43.8. The van der Waals surface area contributed by atoms with Gasteiger partial charge in [-0.3, -0.25) is 24.0 Å². The number of hydrogen-bond donors (Lipinski definition) is 0. The van der Waals surface area contributed by atoms with Crippen LogP contribution in [0.2, 0.25) is 0 Å². The van der Waals surface area contributed by atoms with Crippen LogP contribution in [0.4, 0.5) is 0 Å². The van der Waals surface area contributed by atoms with E-state index in [1.54, 1.807) is 0 Å². The van der Waals surface area contributed by atoms with Gasteiger partial charge in [0, 0.05) is 51.1 Å². The molecule has 0 rings (SSSR count). The normalized spacial score (nSPS) is 12.8. The number of rotatable bonds is 51. The SMILES string of the molecule is CCCCC/C=C\CCC(=O)N(CCCN(C)C)CC(COC(=O)CCCCCCC(=O)OCC(CCCC)CCCCCC)COC(=O)CCCCCCC(=O)OCC(CCCC)CCCCCC. The Morgan fingerprint density at radius 2 is 0.729 bits per heavy atom. The molecule has 0 aromatic carbocycles. The van der Waals surface area contributed by atoms with Crippen molar-refractivity contribution >= 4 is 29.8 Å². The number of carbonyl (C=O) groups excluding carboxylic acids is 5. The van der Waals surface area contributed by atoms with Crippen LogP contribution in [0.5, 0.6) is 0 Å². The number of unbranched alkanes of at least 4 members (excludes halogenated alkanes) is 17. The van der Waals surface area contributed by atoms with Crippen LogP contribution in [-0.2, 0) is 42.9 Å². The van der Waals surface area contributed by atoms with E-state index in [0.29, 0.717) is 76.7 Å². The smallest absolute Gasteiger partial charge is 0.305 e. The van der Waals surface area contributed by atoms with Gasteiger partial charge in [-0.15, -0.1) is 0 Å². The van der Waals surface area contributed by atoms with Crippen molar-refractivity contribution in [3.8, 4) is 0 Å². The Bertz CT molecular complexity index is 1220. The van der Waals surface area contributed by atoms with E-state index in [-0.39, 0.29) is 61.8 Å². The summed E-state index contributed by atoms with van der Waals surface area (Å²) in [6, 6.07) is 0. The molecule has 2 atom stereocenters. The standard InChI is InChI=1S/C59H110N2O9/c1-8-13-18-21-22-23-30-40-55(62)61(46-35-45-60(6)7)47-54(50-69-58(65)43-33-26-24-31-41-56(63)67-48-52(36-16-11-4)38-28-19-14-9-2)51-70-59(66)44-34-27-25-32-42-57(64)68-49-53(37-17-12-5)39-29-20-15-10-3/h22-23,52-54H,8-21,24-51H2,1-7H3/b23-22-. The van der Waals surface area contributed by atoms with E-state index in [2.05, 4.69) is 51.7 Å². The molecule has 0 aromatic heterocycles. The molecule has 70 heavy (non-hydrogen) atoms. The van der Waals surface area contributed by atoms with Gasteiger partial charge >= 0.3 is 23.9 Å². The molecule has 11 nitrogen and oxygen atoms in total. The number of hydrogen-bond acceptors (Lipinski definition) is 10. The van der Waals surface area contributed by atoms with Gasteiger partial charge in [0.05, 0.1) is 26.4 Å². The van der Waals surface area contributed by atoms with Crippen molar-refractivity contribution in [2.24, 2.45) is 17.8 Å². The van der Waals surface area contributed by atoms with E-state index in [4.69, 9.17) is 18.9 Å². The van der Waals surface area contributed by atoms with Crippen LogP contribution in [0.25, 0.3) is 0 Å².